The Kier molecular flexibility index (Phi) is 6.25. The van der Waals surface area contributed by atoms with Crippen molar-refractivity contribution in [3.63, 3.8) is 0 Å². The third-order valence-electron chi connectivity index (χ3n) is 5.44. The molecule has 0 bridgehead atoms. The lowest BCUT2D eigenvalue weighted by Crippen LogP contribution is -2.60. The van der Waals surface area contributed by atoms with Crippen molar-refractivity contribution in [2.24, 2.45) is 0 Å². The summed E-state index contributed by atoms with van der Waals surface area (Å²) < 4.78 is 21.9. The normalized spacial score (nSPS) is 24.8. The number of benzene rings is 2. The Morgan fingerprint density at radius 2 is 1.71 bits per heavy atom. The van der Waals surface area contributed by atoms with Gasteiger partial charge in [0.1, 0.15) is 46.9 Å². The molecule has 1 aliphatic rings. The summed E-state index contributed by atoms with van der Waals surface area (Å²) in [5.41, 5.74) is -0.862. The van der Waals surface area contributed by atoms with Crippen molar-refractivity contribution < 1.29 is 54.4 Å². The Hall–Kier alpha value is -3.55. The topological polar surface area (TPSA) is 200 Å². The number of aromatic hydroxyl groups is 3. The molecule has 4 rings (SSSR count). The summed E-state index contributed by atoms with van der Waals surface area (Å²) in [4.78, 5) is 13.5. The SMILES string of the molecule is COc1cc(O)cc2oc(-c3ccc(O)c(O)c3)c(O[C@@H]3O[C@H](CO)[C@@H](O)[C@H](O)[C@H]3O)c(=O)c12. The van der Waals surface area contributed by atoms with Gasteiger partial charge in [0, 0.05) is 17.7 Å². The fourth-order valence-corrected chi connectivity index (χ4v) is 3.66. The molecule has 3 aromatic rings. The lowest BCUT2D eigenvalue weighted by molar-refractivity contribution is -0.277. The molecular weight excluding hydrogens is 456 g/mol. The maximum atomic E-state index is 13.5. The monoisotopic (exact) mass is 478 g/mol. The summed E-state index contributed by atoms with van der Waals surface area (Å²) in [5, 5.41) is 69.3. The van der Waals surface area contributed by atoms with Crippen molar-refractivity contribution in [1.29, 1.82) is 0 Å². The molecule has 12 heteroatoms. The second-order valence-electron chi connectivity index (χ2n) is 7.63. The van der Waals surface area contributed by atoms with Gasteiger partial charge in [-0.15, -0.1) is 0 Å². The Bertz CT molecular complexity index is 1270. The predicted octanol–water partition coefficient (Wildman–Crippen LogP) is -0.236. The van der Waals surface area contributed by atoms with Crippen molar-refractivity contribution >= 4 is 11.0 Å². The number of phenols is 3. The van der Waals surface area contributed by atoms with Crippen molar-refractivity contribution in [3.05, 3.63) is 40.6 Å². The number of ether oxygens (including phenoxy) is 3. The summed E-state index contributed by atoms with van der Waals surface area (Å²) in [6.45, 7) is -0.719. The Balaban J connectivity index is 1.93. The van der Waals surface area contributed by atoms with Crippen LogP contribution in [0.25, 0.3) is 22.3 Å². The van der Waals surface area contributed by atoms with E-state index in [-0.39, 0.29) is 33.8 Å². The number of hydrogen-bond donors (Lipinski definition) is 7. The van der Waals surface area contributed by atoms with Gasteiger partial charge in [-0.25, -0.2) is 0 Å². The zero-order chi connectivity index (χ0) is 24.7. The van der Waals surface area contributed by atoms with E-state index in [0.717, 1.165) is 18.2 Å². The highest BCUT2D eigenvalue weighted by molar-refractivity contribution is 5.88. The van der Waals surface area contributed by atoms with Gasteiger partial charge in [-0.05, 0) is 18.2 Å². The van der Waals surface area contributed by atoms with Crippen LogP contribution < -0.4 is 14.9 Å². The van der Waals surface area contributed by atoms with Crippen LogP contribution >= 0.6 is 0 Å². The van der Waals surface area contributed by atoms with Crippen LogP contribution in [0.2, 0.25) is 0 Å². The van der Waals surface area contributed by atoms with Crippen LogP contribution in [-0.2, 0) is 4.74 Å². The molecule has 0 saturated carbocycles. The van der Waals surface area contributed by atoms with E-state index < -0.39 is 60.0 Å². The molecule has 1 aliphatic heterocycles. The fraction of sp³-hybridized carbons (Fsp3) is 0.318. The van der Waals surface area contributed by atoms with E-state index >= 15 is 0 Å². The molecule has 7 N–H and O–H groups in total. The van der Waals surface area contributed by atoms with Gasteiger partial charge in [0.25, 0.3) is 0 Å². The highest BCUT2D eigenvalue weighted by Crippen LogP contribution is 2.39. The number of fused-ring (bicyclic) bond motifs is 1. The number of phenolic OH excluding ortho intramolecular Hbond substituents is 3. The van der Waals surface area contributed by atoms with Crippen LogP contribution in [0.4, 0.5) is 0 Å². The molecule has 0 spiro atoms. The van der Waals surface area contributed by atoms with Crippen LogP contribution in [0, 0.1) is 0 Å². The number of hydrogen-bond acceptors (Lipinski definition) is 12. The third-order valence-corrected chi connectivity index (χ3v) is 5.44. The van der Waals surface area contributed by atoms with E-state index in [1.54, 1.807) is 0 Å². The lowest BCUT2D eigenvalue weighted by Gasteiger charge is -2.39. The molecule has 5 atom stereocenters. The number of rotatable bonds is 5. The summed E-state index contributed by atoms with van der Waals surface area (Å²) in [5.74, 6) is -2.12. The molecule has 0 amide bonds. The van der Waals surface area contributed by atoms with E-state index in [9.17, 15) is 40.5 Å². The number of aliphatic hydroxyl groups is 4. The molecule has 1 fully saturated rings. The first-order chi connectivity index (χ1) is 16.2. The maximum Gasteiger partial charge on any atom is 0.239 e. The second kappa shape index (κ2) is 9.00. The molecule has 12 nitrogen and oxygen atoms in total. The van der Waals surface area contributed by atoms with Gasteiger partial charge in [-0.2, -0.15) is 0 Å². The van der Waals surface area contributed by atoms with Crippen LogP contribution in [-0.4, -0.2) is 80.2 Å². The van der Waals surface area contributed by atoms with E-state index in [0.29, 0.717) is 0 Å². The summed E-state index contributed by atoms with van der Waals surface area (Å²) in [6.07, 6.45) is -8.26. The van der Waals surface area contributed by atoms with Gasteiger partial charge in [0.15, 0.2) is 17.3 Å². The van der Waals surface area contributed by atoms with Gasteiger partial charge in [-0.3, -0.25) is 4.79 Å². The minimum atomic E-state index is -1.82. The molecule has 0 radical (unpaired) electrons. The Morgan fingerprint density at radius 1 is 0.971 bits per heavy atom. The van der Waals surface area contributed by atoms with Crippen molar-refractivity contribution in [2.75, 3.05) is 13.7 Å². The Morgan fingerprint density at radius 3 is 2.35 bits per heavy atom. The van der Waals surface area contributed by atoms with E-state index in [1.165, 1.54) is 19.2 Å². The predicted molar refractivity (Wildman–Crippen MR) is 114 cm³/mol. The standard InChI is InChI=1S/C22H22O12/c1-31-12-5-9(24)6-13-15(12)17(28)21(20(32-13)8-2-3-10(25)11(26)4-8)34-22-19(30)18(29)16(27)14(7-23)33-22/h2-6,14,16,18-19,22-27,29-30H,7H2,1H3/t14-,16-,18+,19-,22+/m1/s1. The molecule has 182 valence electrons. The first-order valence-electron chi connectivity index (χ1n) is 10.0. The summed E-state index contributed by atoms with van der Waals surface area (Å²) in [7, 11) is 1.26. The highest BCUT2D eigenvalue weighted by Gasteiger charge is 2.45. The average molecular weight is 478 g/mol. The van der Waals surface area contributed by atoms with Crippen LogP contribution in [0.1, 0.15) is 0 Å². The van der Waals surface area contributed by atoms with Gasteiger partial charge in [-0.1, -0.05) is 0 Å². The van der Waals surface area contributed by atoms with Gasteiger partial charge in [0.2, 0.25) is 17.5 Å². The van der Waals surface area contributed by atoms with Crippen LogP contribution in [0.15, 0.2) is 39.5 Å². The summed E-state index contributed by atoms with van der Waals surface area (Å²) in [6, 6.07) is 5.85. The molecule has 0 unspecified atom stereocenters. The fourth-order valence-electron chi connectivity index (χ4n) is 3.66. The highest BCUT2D eigenvalue weighted by atomic mass is 16.7. The molecule has 1 saturated heterocycles. The van der Waals surface area contributed by atoms with Crippen molar-refractivity contribution in [1.82, 2.24) is 0 Å². The molecule has 1 aromatic heterocycles. The second-order valence-corrected chi connectivity index (χ2v) is 7.63. The van der Waals surface area contributed by atoms with Crippen LogP contribution in [0.5, 0.6) is 28.7 Å². The minimum Gasteiger partial charge on any atom is -0.508 e. The average Bonchev–Trinajstić information content (AvgIpc) is 2.81. The summed E-state index contributed by atoms with van der Waals surface area (Å²) >= 11 is 0. The van der Waals surface area contributed by atoms with Crippen molar-refractivity contribution in [2.45, 2.75) is 30.7 Å². The van der Waals surface area contributed by atoms with E-state index in [2.05, 4.69) is 0 Å². The lowest BCUT2D eigenvalue weighted by atomic mass is 9.99. The van der Waals surface area contributed by atoms with Gasteiger partial charge in [0.05, 0.1) is 13.7 Å². The molecule has 2 heterocycles. The number of aliphatic hydroxyl groups excluding tert-OH is 4. The quantitative estimate of drug-likeness (QED) is 0.238. The molecular formula is C22H22O12. The third kappa shape index (κ3) is 3.97. The maximum absolute atomic E-state index is 13.5. The minimum absolute atomic E-state index is 0.0532. The van der Waals surface area contributed by atoms with Gasteiger partial charge >= 0.3 is 0 Å². The van der Waals surface area contributed by atoms with E-state index in [4.69, 9.17) is 18.6 Å². The smallest absolute Gasteiger partial charge is 0.239 e. The zero-order valence-electron chi connectivity index (χ0n) is 17.7. The zero-order valence-corrected chi connectivity index (χ0v) is 17.7. The van der Waals surface area contributed by atoms with Crippen LogP contribution in [0.3, 0.4) is 0 Å². The van der Waals surface area contributed by atoms with Crippen molar-refractivity contribution in [3.8, 4) is 40.1 Å². The first-order valence-corrected chi connectivity index (χ1v) is 10.0. The molecule has 0 aliphatic carbocycles. The van der Waals surface area contributed by atoms with Gasteiger partial charge < -0.3 is 54.4 Å². The number of methoxy groups -OCH3 is 1. The largest absolute Gasteiger partial charge is 0.508 e. The van der Waals surface area contributed by atoms with E-state index in [1.807, 2.05) is 0 Å². The molecule has 34 heavy (non-hydrogen) atoms. The molecule has 2 aromatic carbocycles. The first kappa shape index (κ1) is 23.6. The Labute approximate surface area is 191 Å².